The molecule has 0 radical (unpaired) electrons. The quantitative estimate of drug-likeness (QED) is 0.311. The average molecular weight is 540 g/mol. The molecule has 0 amide bonds. The van der Waals surface area contributed by atoms with Gasteiger partial charge in [-0.25, -0.2) is 14.8 Å². The summed E-state index contributed by atoms with van der Waals surface area (Å²) in [6.45, 7) is 5.19. The number of fused-ring (bicyclic) bond motifs is 1. The molecule has 0 unspecified atom stereocenters. The normalized spacial score (nSPS) is 25.1. The van der Waals surface area contributed by atoms with Gasteiger partial charge in [0, 0.05) is 6.20 Å². The zero-order valence-electron chi connectivity index (χ0n) is 20.6. The van der Waals surface area contributed by atoms with Crippen LogP contribution in [-0.2, 0) is 44.1 Å². The molecule has 2 aliphatic rings. The largest absolute Gasteiger partial charge is 0.480 e. The minimum Gasteiger partial charge on any atom is -0.480 e. The number of aliphatic carboxylic acids is 1. The Morgan fingerprint density at radius 3 is 2.35 bits per heavy atom. The van der Waals surface area contributed by atoms with Gasteiger partial charge >= 0.3 is 12.1 Å². The molecule has 0 aliphatic carbocycles. The summed E-state index contributed by atoms with van der Waals surface area (Å²) in [7, 11) is 0. The van der Waals surface area contributed by atoms with Crippen molar-refractivity contribution < 1.29 is 56.2 Å². The third kappa shape index (κ3) is 9.59. The maximum absolute atomic E-state index is 13.0. The lowest BCUT2D eigenvalue weighted by atomic mass is 9.98. The number of halogens is 3. The fourth-order valence-corrected chi connectivity index (χ4v) is 3.77. The summed E-state index contributed by atoms with van der Waals surface area (Å²) in [5.41, 5.74) is -1.05. The van der Waals surface area contributed by atoms with Crippen LogP contribution in [0.1, 0.15) is 19.5 Å². The van der Waals surface area contributed by atoms with Gasteiger partial charge in [0.2, 0.25) is 5.95 Å². The van der Waals surface area contributed by atoms with Crippen molar-refractivity contribution in [2.24, 2.45) is 0 Å². The Hall–Kier alpha value is -2.14. The monoisotopic (exact) mass is 539 g/mol. The Morgan fingerprint density at radius 1 is 1.08 bits per heavy atom. The first-order chi connectivity index (χ1) is 17.5. The number of rotatable bonds is 15. The first kappa shape index (κ1) is 29.4. The number of anilines is 1. The molecule has 37 heavy (non-hydrogen) atoms. The zero-order valence-corrected chi connectivity index (χ0v) is 20.6. The third-order valence-electron chi connectivity index (χ3n) is 5.30. The van der Waals surface area contributed by atoms with E-state index in [1.165, 1.54) is 0 Å². The lowest BCUT2D eigenvalue weighted by molar-refractivity contribution is -0.160. The summed E-state index contributed by atoms with van der Waals surface area (Å²) in [5.74, 6) is -2.13. The summed E-state index contributed by atoms with van der Waals surface area (Å²) < 4.78 is 78.1. The van der Waals surface area contributed by atoms with Crippen LogP contribution in [0.3, 0.4) is 0 Å². The number of aromatic nitrogens is 2. The third-order valence-corrected chi connectivity index (χ3v) is 5.30. The van der Waals surface area contributed by atoms with E-state index in [0.717, 1.165) is 12.3 Å². The molecule has 0 aromatic carbocycles. The number of ether oxygens (including phenoxy) is 7. The molecule has 1 aromatic rings. The van der Waals surface area contributed by atoms with Gasteiger partial charge < -0.3 is 43.6 Å². The zero-order chi connectivity index (χ0) is 26.9. The van der Waals surface area contributed by atoms with Crippen LogP contribution in [0.5, 0.6) is 0 Å². The summed E-state index contributed by atoms with van der Waals surface area (Å²) >= 11 is 0. The summed E-state index contributed by atoms with van der Waals surface area (Å²) in [4.78, 5) is 17.7. The maximum Gasteiger partial charge on any atom is 0.433 e. The van der Waals surface area contributed by atoms with Crippen molar-refractivity contribution in [3.05, 3.63) is 18.0 Å². The SMILES string of the molecule is CC1(C)O[C@@H]2[C@H](O1)[C@@H](Nc1nccc(C(F)(F)F)n1)CO[C@@H]2COCCOCCOCCOCC(=O)O. The number of carboxylic acid groups (broad SMARTS) is 1. The van der Waals surface area contributed by atoms with Crippen LogP contribution in [0.25, 0.3) is 0 Å². The number of nitrogens with zero attached hydrogens (tertiary/aromatic N) is 2. The molecule has 0 bridgehead atoms. The van der Waals surface area contributed by atoms with Crippen LogP contribution >= 0.6 is 0 Å². The van der Waals surface area contributed by atoms with Crippen molar-refractivity contribution in [3.8, 4) is 0 Å². The smallest absolute Gasteiger partial charge is 0.433 e. The first-order valence-electron chi connectivity index (χ1n) is 11.7. The average Bonchev–Trinajstić information content (AvgIpc) is 3.16. The van der Waals surface area contributed by atoms with Crippen LogP contribution in [0.2, 0.25) is 0 Å². The van der Waals surface area contributed by atoms with Crippen LogP contribution in [0, 0.1) is 0 Å². The van der Waals surface area contributed by atoms with Gasteiger partial charge in [-0.3, -0.25) is 0 Å². The molecule has 2 saturated heterocycles. The van der Waals surface area contributed by atoms with Crippen LogP contribution in [0.4, 0.5) is 19.1 Å². The molecular weight excluding hydrogens is 507 g/mol. The molecular formula is C22H32F3N3O9. The molecule has 12 nitrogen and oxygen atoms in total. The highest BCUT2D eigenvalue weighted by Crippen LogP contribution is 2.36. The van der Waals surface area contributed by atoms with Crippen LogP contribution in [0.15, 0.2) is 12.3 Å². The minimum absolute atomic E-state index is 0.123. The second-order valence-electron chi connectivity index (χ2n) is 8.70. The lowest BCUT2D eigenvalue weighted by Crippen LogP contribution is -2.55. The molecule has 1 aromatic heterocycles. The maximum atomic E-state index is 13.0. The molecule has 0 spiro atoms. The van der Waals surface area contributed by atoms with E-state index in [0.29, 0.717) is 26.4 Å². The number of hydrogen-bond acceptors (Lipinski definition) is 11. The first-order valence-corrected chi connectivity index (χ1v) is 11.7. The molecule has 4 atom stereocenters. The Morgan fingerprint density at radius 2 is 1.70 bits per heavy atom. The van der Waals surface area contributed by atoms with Crippen molar-refractivity contribution in [3.63, 3.8) is 0 Å². The van der Waals surface area contributed by atoms with E-state index in [-0.39, 0.29) is 39.0 Å². The topological polar surface area (TPSA) is 140 Å². The molecule has 210 valence electrons. The van der Waals surface area contributed by atoms with Gasteiger partial charge in [-0.05, 0) is 19.9 Å². The number of hydrogen-bond donors (Lipinski definition) is 2. The number of nitrogens with one attached hydrogen (secondary N) is 1. The van der Waals surface area contributed by atoms with E-state index in [9.17, 15) is 18.0 Å². The van der Waals surface area contributed by atoms with Crippen LogP contribution < -0.4 is 5.32 Å². The fourth-order valence-electron chi connectivity index (χ4n) is 3.77. The van der Waals surface area contributed by atoms with E-state index >= 15 is 0 Å². The van der Waals surface area contributed by atoms with Gasteiger partial charge in [0.25, 0.3) is 0 Å². The number of carbonyl (C=O) groups is 1. The standard InChI is InChI=1S/C22H32F3N3O9/c1-21(2)36-18-14(27-20-26-4-3-16(28-20)22(23,24)25)11-35-15(19(18)37-21)12-33-9-7-31-5-6-32-8-10-34-13-17(29)30/h3-4,14-15,18-19H,5-13H2,1-2H3,(H,29,30)(H,26,27,28)/t14-,15+,18+,19-/m0/s1. The number of carboxylic acids is 1. The molecule has 2 fully saturated rings. The van der Waals surface area contributed by atoms with Gasteiger partial charge in [0.05, 0.1) is 58.9 Å². The molecule has 0 saturated carbocycles. The molecule has 15 heteroatoms. The lowest BCUT2D eigenvalue weighted by Gasteiger charge is -2.37. The number of alkyl halides is 3. The fraction of sp³-hybridized carbons (Fsp3) is 0.773. The Kier molecular flexibility index (Phi) is 10.8. The second-order valence-corrected chi connectivity index (χ2v) is 8.70. The molecule has 3 rings (SSSR count). The van der Waals surface area contributed by atoms with Gasteiger partial charge in [-0.15, -0.1) is 0 Å². The van der Waals surface area contributed by atoms with E-state index in [1.807, 2.05) is 0 Å². The molecule has 2 aliphatic heterocycles. The highest BCUT2D eigenvalue weighted by molar-refractivity contribution is 5.67. The van der Waals surface area contributed by atoms with Gasteiger partial charge in [0.15, 0.2) is 5.79 Å². The van der Waals surface area contributed by atoms with Gasteiger partial charge in [-0.1, -0.05) is 0 Å². The van der Waals surface area contributed by atoms with E-state index < -0.39 is 48.0 Å². The van der Waals surface area contributed by atoms with E-state index in [1.54, 1.807) is 13.8 Å². The Balaban J connectivity index is 1.37. The molecule has 3 heterocycles. The summed E-state index contributed by atoms with van der Waals surface area (Å²) in [5, 5.41) is 11.3. The van der Waals surface area contributed by atoms with Gasteiger partial charge in [-0.2, -0.15) is 13.2 Å². The van der Waals surface area contributed by atoms with E-state index in [2.05, 4.69) is 15.3 Å². The van der Waals surface area contributed by atoms with Gasteiger partial charge in [0.1, 0.15) is 30.6 Å². The van der Waals surface area contributed by atoms with Crippen molar-refractivity contribution >= 4 is 11.9 Å². The predicted octanol–water partition coefficient (Wildman–Crippen LogP) is 1.35. The van der Waals surface area contributed by atoms with Crippen molar-refractivity contribution in [2.45, 2.75) is 50.2 Å². The highest BCUT2D eigenvalue weighted by Gasteiger charge is 2.52. The van der Waals surface area contributed by atoms with Crippen molar-refractivity contribution in [1.29, 1.82) is 0 Å². The minimum atomic E-state index is -4.59. The van der Waals surface area contributed by atoms with Crippen molar-refractivity contribution in [1.82, 2.24) is 9.97 Å². The Labute approximate surface area is 211 Å². The molecule has 2 N–H and O–H groups in total. The summed E-state index contributed by atoms with van der Waals surface area (Å²) in [6.07, 6.45) is -5.05. The van der Waals surface area contributed by atoms with E-state index in [4.69, 9.17) is 38.3 Å². The second kappa shape index (κ2) is 13.6. The highest BCUT2D eigenvalue weighted by atomic mass is 19.4. The Bertz CT molecular complexity index is 862. The summed E-state index contributed by atoms with van der Waals surface area (Å²) in [6, 6.07) is 0.262. The predicted molar refractivity (Wildman–Crippen MR) is 119 cm³/mol. The van der Waals surface area contributed by atoms with Crippen molar-refractivity contribution in [2.75, 3.05) is 64.8 Å². The van der Waals surface area contributed by atoms with Crippen LogP contribution in [-0.4, -0.2) is 111 Å².